The Hall–Kier alpha value is -0.410. The first kappa shape index (κ1) is 19.6. The van der Waals surface area contributed by atoms with Crippen molar-refractivity contribution in [3.8, 4) is 0 Å². The van der Waals surface area contributed by atoms with Crippen LogP contribution in [0.5, 0.6) is 0 Å². The summed E-state index contributed by atoms with van der Waals surface area (Å²) in [5.41, 5.74) is 0. The van der Waals surface area contributed by atoms with Crippen molar-refractivity contribution in [1.82, 2.24) is 19.2 Å². The summed E-state index contributed by atoms with van der Waals surface area (Å²) < 4.78 is 28.4. The predicted molar refractivity (Wildman–Crippen MR) is 88.2 cm³/mol. The number of halogens is 1. The summed E-state index contributed by atoms with van der Waals surface area (Å²) in [7, 11) is -3.48. The van der Waals surface area contributed by atoms with E-state index in [0.717, 1.165) is 25.9 Å². The zero-order valence-corrected chi connectivity index (χ0v) is 14.9. The van der Waals surface area contributed by atoms with E-state index in [9.17, 15) is 13.2 Å². The van der Waals surface area contributed by atoms with Crippen LogP contribution in [0.3, 0.4) is 0 Å². The van der Waals surface area contributed by atoms with E-state index in [1.54, 1.807) is 13.8 Å². The van der Waals surface area contributed by atoms with Crippen LogP contribution in [0.2, 0.25) is 0 Å². The molecule has 130 valence electrons. The number of hydrogen-bond donors (Lipinski definition) is 2. The number of nitrogens with one attached hydrogen (secondary N) is 2. The molecule has 2 saturated heterocycles. The predicted octanol–water partition coefficient (Wildman–Crippen LogP) is -0.205. The molecule has 0 aromatic heterocycles. The first-order valence-electron chi connectivity index (χ1n) is 7.67. The minimum atomic E-state index is -3.48. The zero-order valence-electron chi connectivity index (χ0n) is 13.2. The van der Waals surface area contributed by atoms with E-state index < -0.39 is 10.2 Å². The molecule has 7 nitrogen and oxygen atoms in total. The van der Waals surface area contributed by atoms with E-state index in [1.165, 1.54) is 4.31 Å². The van der Waals surface area contributed by atoms with Gasteiger partial charge in [0, 0.05) is 45.3 Å². The van der Waals surface area contributed by atoms with Gasteiger partial charge in [0.05, 0.1) is 5.92 Å². The minimum absolute atomic E-state index is 0. The molecule has 0 bridgehead atoms. The standard InChI is InChI=1S/C13H26N4O3S.ClH/c1-11(2)15-21(19,20)17-7-3-4-12(10-17)13(18)16-8-5-14-6-9-16;/h11-12,14-15H,3-10H2,1-2H3;1H. The molecular formula is C13H27ClN4O3S. The van der Waals surface area contributed by atoms with Gasteiger partial charge < -0.3 is 10.2 Å². The molecule has 2 aliphatic heterocycles. The number of carbonyl (C=O) groups excluding carboxylic acids is 1. The first-order chi connectivity index (χ1) is 9.90. The van der Waals surface area contributed by atoms with Gasteiger partial charge in [-0.05, 0) is 26.7 Å². The van der Waals surface area contributed by atoms with Crippen LogP contribution in [0.1, 0.15) is 26.7 Å². The fraction of sp³-hybridized carbons (Fsp3) is 0.923. The first-order valence-corrected chi connectivity index (χ1v) is 9.11. The van der Waals surface area contributed by atoms with Crippen LogP contribution in [0.4, 0.5) is 0 Å². The summed E-state index contributed by atoms with van der Waals surface area (Å²) in [6.07, 6.45) is 1.51. The molecule has 1 unspecified atom stereocenters. The number of piperidine rings is 1. The highest BCUT2D eigenvalue weighted by molar-refractivity contribution is 7.87. The maximum Gasteiger partial charge on any atom is 0.279 e. The van der Waals surface area contributed by atoms with Crippen LogP contribution >= 0.6 is 12.4 Å². The number of amides is 1. The third-order valence-electron chi connectivity index (χ3n) is 3.89. The van der Waals surface area contributed by atoms with Crippen molar-refractivity contribution in [2.45, 2.75) is 32.7 Å². The van der Waals surface area contributed by atoms with Gasteiger partial charge in [0.15, 0.2) is 0 Å². The molecule has 9 heteroatoms. The highest BCUT2D eigenvalue weighted by Crippen LogP contribution is 2.21. The van der Waals surface area contributed by atoms with E-state index in [1.807, 2.05) is 4.90 Å². The smallest absolute Gasteiger partial charge is 0.279 e. The molecule has 2 aliphatic rings. The zero-order chi connectivity index (χ0) is 15.5. The molecule has 22 heavy (non-hydrogen) atoms. The van der Waals surface area contributed by atoms with Gasteiger partial charge in [-0.2, -0.15) is 17.4 Å². The van der Waals surface area contributed by atoms with E-state index in [4.69, 9.17) is 0 Å². The van der Waals surface area contributed by atoms with Crippen molar-refractivity contribution >= 4 is 28.5 Å². The lowest BCUT2D eigenvalue weighted by Gasteiger charge is -2.36. The Morgan fingerprint density at radius 3 is 2.45 bits per heavy atom. The Labute approximate surface area is 139 Å². The van der Waals surface area contributed by atoms with E-state index in [2.05, 4.69) is 10.0 Å². The molecule has 2 N–H and O–H groups in total. The highest BCUT2D eigenvalue weighted by atomic mass is 35.5. The van der Waals surface area contributed by atoms with E-state index >= 15 is 0 Å². The maximum absolute atomic E-state index is 12.5. The van der Waals surface area contributed by atoms with Crippen molar-refractivity contribution in [1.29, 1.82) is 0 Å². The second-order valence-electron chi connectivity index (χ2n) is 6.05. The molecule has 1 amide bonds. The van der Waals surface area contributed by atoms with Crippen molar-refractivity contribution < 1.29 is 13.2 Å². The van der Waals surface area contributed by atoms with Crippen LogP contribution in [-0.4, -0.2) is 68.8 Å². The van der Waals surface area contributed by atoms with Gasteiger partial charge in [-0.3, -0.25) is 4.79 Å². The largest absolute Gasteiger partial charge is 0.340 e. The summed E-state index contributed by atoms with van der Waals surface area (Å²) >= 11 is 0. The summed E-state index contributed by atoms with van der Waals surface area (Å²) in [5, 5.41) is 3.22. The SMILES string of the molecule is CC(C)NS(=O)(=O)N1CCCC(C(=O)N2CCNCC2)C1.Cl. The fourth-order valence-electron chi connectivity index (χ4n) is 2.88. The van der Waals surface area contributed by atoms with Gasteiger partial charge in [-0.15, -0.1) is 12.4 Å². The summed E-state index contributed by atoms with van der Waals surface area (Å²) in [6, 6.07) is -0.140. The average molecular weight is 355 g/mol. The number of piperazine rings is 1. The Bertz CT molecular complexity index is 466. The molecule has 0 spiro atoms. The Morgan fingerprint density at radius 1 is 1.23 bits per heavy atom. The lowest BCUT2D eigenvalue weighted by molar-refractivity contribution is -0.137. The van der Waals surface area contributed by atoms with Gasteiger partial charge in [0.2, 0.25) is 5.91 Å². The third-order valence-corrected chi connectivity index (χ3v) is 5.67. The Balaban J connectivity index is 0.00000242. The molecule has 2 heterocycles. The number of nitrogens with zero attached hydrogens (tertiary/aromatic N) is 2. The number of rotatable bonds is 4. The molecule has 0 aromatic rings. The lowest BCUT2D eigenvalue weighted by Crippen LogP contribution is -2.53. The quantitative estimate of drug-likeness (QED) is 0.732. The van der Waals surface area contributed by atoms with Gasteiger partial charge in [0.1, 0.15) is 0 Å². The van der Waals surface area contributed by atoms with Crippen LogP contribution < -0.4 is 10.0 Å². The van der Waals surface area contributed by atoms with Gasteiger partial charge in [-0.25, -0.2) is 0 Å². The number of hydrogen-bond acceptors (Lipinski definition) is 4. The van der Waals surface area contributed by atoms with Gasteiger partial charge >= 0.3 is 0 Å². The molecule has 0 aliphatic carbocycles. The molecule has 1 atom stereocenters. The summed E-state index contributed by atoms with van der Waals surface area (Å²) in [6.45, 7) is 7.44. The normalized spacial score (nSPS) is 24.1. The number of carbonyl (C=O) groups is 1. The topological polar surface area (TPSA) is 81.8 Å². The van der Waals surface area contributed by atoms with Crippen LogP contribution in [0, 0.1) is 5.92 Å². The molecular weight excluding hydrogens is 328 g/mol. The van der Waals surface area contributed by atoms with Crippen LogP contribution in [-0.2, 0) is 15.0 Å². The molecule has 0 aromatic carbocycles. The second kappa shape index (κ2) is 8.44. The van der Waals surface area contributed by atoms with E-state index in [0.29, 0.717) is 26.2 Å². The molecule has 2 fully saturated rings. The van der Waals surface area contributed by atoms with Crippen molar-refractivity contribution in [2.75, 3.05) is 39.3 Å². The summed E-state index contributed by atoms with van der Waals surface area (Å²) in [5.74, 6) is -0.110. The molecule has 0 saturated carbocycles. The third kappa shape index (κ3) is 5.06. The highest BCUT2D eigenvalue weighted by Gasteiger charge is 2.34. The lowest BCUT2D eigenvalue weighted by atomic mass is 9.98. The van der Waals surface area contributed by atoms with Crippen LogP contribution in [0.15, 0.2) is 0 Å². The van der Waals surface area contributed by atoms with Gasteiger partial charge in [0.25, 0.3) is 10.2 Å². The maximum atomic E-state index is 12.5. The van der Waals surface area contributed by atoms with Crippen molar-refractivity contribution in [3.05, 3.63) is 0 Å². The second-order valence-corrected chi connectivity index (χ2v) is 7.75. The van der Waals surface area contributed by atoms with E-state index in [-0.39, 0.29) is 30.3 Å². The van der Waals surface area contributed by atoms with Crippen molar-refractivity contribution in [3.63, 3.8) is 0 Å². The molecule has 0 radical (unpaired) electrons. The van der Waals surface area contributed by atoms with Gasteiger partial charge in [-0.1, -0.05) is 0 Å². The Kier molecular flexibility index (Phi) is 7.54. The molecule has 2 rings (SSSR count). The Morgan fingerprint density at radius 2 is 1.86 bits per heavy atom. The van der Waals surface area contributed by atoms with Crippen LogP contribution in [0.25, 0.3) is 0 Å². The van der Waals surface area contributed by atoms with Crippen molar-refractivity contribution in [2.24, 2.45) is 5.92 Å². The monoisotopic (exact) mass is 354 g/mol. The fourth-order valence-corrected chi connectivity index (χ4v) is 4.37. The summed E-state index contributed by atoms with van der Waals surface area (Å²) in [4.78, 5) is 14.4. The average Bonchev–Trinajstić information content (AvgIpc) is 2.46. The minimum Gasteiger partial charge on any atom is -0.340 e.